The number of likely N-dealkylation sites (tertiary alicyclic amines) is 2. The van der Waals surface area contributed by atoms with Crippen molar-refractivity contribution in [1.29, 1.82) is 0 Å². The summed E-state index contributed by atoms with van der Waals surface area (Å²) in [7, 11) is 0. The summed E-state index contributed by atoms with van der Waals surface area (Å²) in [6.45, 7) is 6.34. The number of nitrogens with one attached hydrogen (secondary N) is 3. The molecule has 0 spiro atoms. The number of alkyl halides is 2. The number of carbonyl (C=O) groups is 10. The lowest BCUT2D eigenvalue weighted by Crippen LogP contribution is -2.56. The summed E-state index contributed by atoms with van der Waals surface area (Å²) >= 11 is 6.58. The van der Waals surface area contributed by atoms with Gasteiger partial charge in [-0.1, -0.05) is 172 Å². The fraction of sp³-hybridized carbons (Fsp3) is 0.432. The highest BCUT2D eigenvalue weighted by molar-refractivity contribution is 9.10. The summed E-state index contributed by atoms with van der Waals surface area (Å²) in [4.78, 5) is 132. The number of aliphatic carboxylic acids is 1. The lowest BCUT2D eigenvalue weighted by atomic mass is 9.81. The SMILES string of the molecule is CCNC(=O)[C@H](Cc1ccccc1)N1CC[C@H](C2C=CC=CC2)CC(NC(=O)C(Br)CCCCN2C(=O)c3ccccc3C2=O)C1=O.CCNC(=O)[C@H](Cc1ccccc1)N1CC[C@H](C2C=CC=CC2)C[C@H](N)C1=O.O=C(O)C(Br)CCCCN1C(=O)c2ccccc2C1=O. The highest BCUT2D eigenvalue weighted by Gasteiger charge is 2.42. The minimum absolute atomic E-state index is 0.106. The third kappa shape index (κ3) is 19.5. The lowest BCUT2D eigenvalue weighted by Gasteiger charge is -2.32. The molecule has 4 aliphatic heterocycles. The summed E-state index contributed by atoms with van der Waals surface area (Å²) in [5, 5.41) is 17.6. The minimum Gasteiger partial charge on any atom is -0.480 e. The maximum atomic E-state index is 14.2. The van der Waals surface area contributed by atoms with Crippen LogP contribution in [0.1, 0.15) is 143 Å². The maximum absolute atomic E-state index is 14.2. The average Bonchev–Trinajstić information content (AvgIpc) is 1.67. The molecule has 0 bridgehead atoms. The first-order chi connectivity index (χ1) is 45.9. The molecule has 5 unspecified atom stereocenters. The van der Waals surface area contributed by atoms with Crippen LogP contribution in [0.3, 0.4) is 0 Å². The number of carbonyl (C=O) groups excluding carboxylic acids is 9. The van der Waals surface area contributed by atoms with E-state index in [0.717, 1.165) is 36.8 Å². The fourth-order valence-corrected chi connectivity index (χ4v) is 14.0. The first-order valence-corrected chi connectivity index (χ1v) is 35.1. The number of hydrogen-bond acceptors (Lipinski definition) is 11. The minimum atomic E-state index is -0.897. The average molecular weight is 1430 g/mol. The third-order valence-corrected chi connectivity index (χ3v) is 20.1. The highest BCUT2D eigenvalue weighted by Crippen LogP contribution is 2.34. The van der Waals surface area contributed by atoms with Gasteiger partial charge in [0, 0.05) is 52.1 Å². The van der Waals surface area contributed by atoms with Gasteiger partial charge in [0.15, 0.2) is 0 Å². The van der Waals surface area contributed by atoms with E-state index in [1.165, 1.54) is 9.80 Å². The number of hydrogen-bond donors (Lipinski definition) is 5. The van der Waals surface area contributed by atoms with Gasteiger partial charge >= 0.3 is 5.97 Å². The quantitative estimate of drug-likeness (QED) is 0.0236. The summed E-state index contributed by atoms with van der Waals surface area (Å²) in [6, 6.07) is 30.6. The van der Waals surface area contributed by atoms with E-state index in [0.29, 0.717) is 131 Å². The predicted octanol–water partition coefficient (Wildman–Crippen LogP) is 9.55. The van der Waals surface area contributed by atoms with Crippen molar-refractivity contribution in [1.82, 2.24) is 35.6 Å². The Labute approximate surface area is 573 Å². The van der Waals surface area contributed by atoms with E-state index in [2.05, 4.69) is 84.3 Å². The van der Waals surface area contributed by atoms with Crippen molar-refractivity contribution in [2.45, 2.75) is 138 Å². The van der Waals surface area contributed by atoms with Gasteiger partial charge in [0.1, 0.15) is 23.0 Å². The zero-order chi connectivity index (χ0) is 68.0. The second-order valence-corrected chi connectivity index (χ2v) is 27.0. The Hall–Kier alpha value is -8.14. The van der Waals surface area contributed by atoms with Gasteiger partial charge in [-0.3, -0.25) is 57.7 Å². The van der Waals surface area contributed by atoms with Crippen molar-refractivity contribution in [2.24, 2.45) is 29.4 Å². The number of fused-ring (bicyclic) bond motifs is 2. The zero-order valence-electron chi connectivity index (χ0n) is 54.1. The van der Waals surface area contributed by atoms with Crippen molar-refractivity contribution >= 4 is 91.0 Å². The molecule has 504 valence electrons. The number of unbranched alkanes of at least 4 members (excludes halogenated alkanes) is 2. The Balaban J connectivity index is 0.000000203. The van der Waals surface area contributed by atoms with E-state index < -0.39 is 39.8 Å². The molecule has 95 heavy (non-hydrogen) atoms. The summed E-state index contributed by atoms with van der Waals surface area (Å²) < 4.78 is 0. The molecule has 6 aliphatic rings. The number of halogens is 2. The molecule has 6 N–H and O–H groups in total. The number of imide groups is 2. The van der Waals surface area contributed by atoms with Crippen molar-refractivity contribution < 1.29 is 53.1 Å². The van der Waals surface area contributed by atoms with Crippen LogP contribution < -0.4 is 21.7 Å². The van der Waals surface area contributed by atoms with Gasteiger partial charge in [-0.2, -0.15) is 0 Å². The highest BCUT2D eigenvalue weighted by atomic mass is 79.9. The number of nitrogens with zero attached hydrogens (tertiary/aromatic N) is 4. The van der Waals surface area contributed by atoms with Gasteiger partial charge in [-0.05, 0) is 144 Å². The molecule has 10 atom stereocenters. The predicted molar refractivity (Wildman–Crippen MR) is 371 cm³/mol. The summed E-state index contributed by atoms with van der Waals surface area (Å²) in [5.74, 6) is -1.78. The van der Waals surface area contributed by atoms with Crippen LogP contribution in [-0.2, 0) is 41.6 Å². The van der Waals surface area contributed by atoms with Gasteiger partial charge in [0.2, 0.25) is 29.5 Å². The largest absolute Gasteiger partial charge is 0.480 e. The molecule has 4 heterocycles. The third-order valence-electron chi connectivity index (χ3n) is 18.4. The Morgan fingerprint density at radius 2 is 0.926 bits per heavy atom. The van der Waals surface area contributed by atoms with E-state index in [-0.39, 0.29) is 71.5 Å². The first-order valence-electron chi connectivity index (χ1n) is 33.3. The van der Waals surface area contributed by atoms with Crippen molar-refractivity contribution in [3.63, 3.8) is 0 Å². The van der Waals surface area contributed by atoms with Crippen LogP contribution in [-0.4, -0.2) is 157 Å². The van der Waals surface area contributed by atoms with Gasteiger partial charge < -0.3 is 36.6 Å². The monoisotopic (exact) mass is 1420 g/mol. The van der Waals surface area contributed by atoms with Gasteiger partial charge in [0.25, 0.3) is 23.6 Å². The molecule has 19 nitrogen and oxygen atoms in total. The summed E-state index contributed by atoms with van der Waals surface area (Å²) in [5.41, 5.74) is 10.0. The van der Waals surface area contributed by atoms with Crippen LogP contribution in [0.15, 0.2) is 158 Å². The van der Waals surface area contributed by atoms with E-state index in [1.807, 2.05) is 86.7 Å². The van der Waals surface area contributed by atoms with Crippen LogP contribution in [0.5, 0.6) is 0 Å². The van der Waals surface area contributed by atoms with Crippen LogP contribution in [0, 0.1) is 23.7 Å². The number of benzene rings is 4. The standard InChI is InChI=1S/C37H43BrN4O5.C23H31N3O2.C14H14BrNO4/c1-2-39-34(44)32(23-25-13-5-3-6-14-25)41-22-20-27(26-15-7-4-8-16-26)24-31(37(41)47)40-33(43)30(38)19-11-12-21-42-35(45)28-17-9-10-18-29(28)36(42)46;1-2-25-22(27)21(15-17-9-5-3-6-10-17)26-14-13-19(16-20(24)23(26)28)18-11-7-4-8-12-18;15-11(14(19)20)7-3-4-8-16-12(17)9-5-1-2-6-10(9)13(16)18/h3-10,13-15,17-18,26-27,30-32H,2,11-12,16,19-24H2,1H3,(H,39,44)(H,40,43);3-11,18-21H,2,12-16,24H2,1H3,(H,25,27);1-2,5-6,11H,3-4,7-8H2,(H,19,20)/t26?,27-,30?,31?,32-;18?,19-,20-,21-;/m00./s1. The number of carboxylic acid groups (broad SMARTS) is 1. The molecule has 2 fully saturated rings. The molecule has 9 amide bonds. The lowest BCUT2D eigenvalue weighted by molar-refractivity contribution is -0.142. The number of nitrogens with two attached hydrogens (primary N) is 1. The molecule has 2 aliphatic carbocycles. The second kappa shape index (κ2) is 36.1. The number of allylic oxidation sites excluding steroid dienone is 8. The van der Waals surface area contributed by atoms with Crippen LogP contribution in [0.4, 0.5) is 0 Å². The van der Waals surface area contributed by atoms with Crippen molar-refractivity contribution in [2.75, 3.05) is 39.3 Å². The van der Waals surface area contributed by atoms with E-state index in [4.69, 9.17) is 10.8 Å². The van der Waals surface area contributed by atoms with Crippen LogP contribution >= 0.6 is 31.9 Å². The molecular weight excluding hydrogens is 1340 g/mol. The van der Waals surface area contributed by atoms with Crippen LogP contribution in [0.2, 0.25) is 0 Å². The smallest absolute Gasteiger partial charge is 0.317 e. The topological polar surface area (TPSA) is 266 Å². The van der Waals surface area contributed by atoms with Gasteiger partial charge in [0.05, 0.1) is 33.1 Å². The molecule has 4 aromatic rings. The molecule has 4 aromatic carbocycles. The van der Waals surface area contributed by atoms with Gasteiger partial charge in [-0.15, -0.1) is 0 Å². The number of rotatable bonds is 25. The Morgan fingerprint density at radius 1 is 0.526 bits per heavy atom. The Bertz CT molecular complexity index is 3420. The Morgan fingerprint density at radius 3 is 1.33 bits per heavy atom. The van der Waals surface area contributed by atoms with E-state index in [1.54, 1.807) is 58.3 Å². The van der Waals surface area contributed by atoms with Crippen molar-refractivity contribution in [3.8, 4) is 0 Å². The maximum Gasteiger partial charge on any atom is 0.317 e. The zero-order valence-corrected chi connectivity index (χ0v) is 57.3. The molecular formula is C74H88Br2N8O11. The summed E-state index contributed by atoms with van der Waals surface area (Å²) in [6.07, 6.45) is 25.7. The second-order valence-electron chi connectivity index (χ2n) is 24.8. The molecule has 21 heteroatoms. The normalized spacial score (nSPS) is 21.8. The molecule has 2 saturated heterocycles. The van der Waals surface area contributed by atoms with E-state index in [9.17, 15) is 47.9 Å². The van der Waals surface area contributed by atoms with Gasteiger partial charge in [-0.25, -0.2) is 0 Å². The molecule has 10 rings (SSSR count). The first kappa shape index (κ1) is 72.7. The van der Waals surface area contributed by atoms with Crippen LogP contribution in [0.25, 0.3) is 0 Å². The molecule has 0 saturated carbocycles. The number of likely N-dealkylation sites (N-methyl/N-ethyl adjacent to an activating group) is 2. The fourth-order valence-electron chi connectivity index (χ4n) is 13.3. The molecule has 0 radical (unpaired) electrons. The molecule has 0 aromatic heterocycles. The van der Waals surface area contributed by atoms with E-state index >= 15 is 0 Å². The number of carboxylic acids is 1. The number of amides is 9. The Kier molecular flexibility index (Phi) is 27.6. The van der Waals surface area contributed by atoms with Crippen molar-refractivity contribution in [3.05, 3.63) is 191 Å².